The van der Waals surface area contributed by atoms with Gasteiger partial charge in [-0.3, -0.25) is 19.3 Å². The summed E-state index contributed by atoms with van der Waals surface area (Å²) in [6.45, 7) is 0.245. The van der Waals surface area contributed by atoms with Crippen LogP contribution in [0.3, 0.4) is 0 Å². The second kappa shape index (κ2) is 9.47. The first kappa shape index (κ1) is 20.7. The highest BCUT2D eigenvalue weighted by Crippen LogP contribution is 2.31. The molecule has 1 aliphatic heterocycles. The predicted molar refractivity (Wildman–Crippen MR) is 111 cm³/mol. The maximum atomic E-state index is 12.3. The van der Waals surface area contributed by atoms with E-state index in [2.05, 4.69) is 5.32 Å². The molecule has 0 aliphatic carbocycles. The maximum absolute atomic E-state index is 12.3. The van der Waals surface area contributed by atoms with E-state index in [1.807, 2.05) is 18.2 Å². The van der Waals surface area contributed by atoms with Crippen LogP contribution in [0.5, 0.6) is 11.5 Å². The molecule has 1 aliphatic rings. The molecule has 0 saturated carbocycles. The molecule has 2 aromatic carbocycles. The fourth-order valence-electron chi connectivity index (χ4n) is 3.03. The highest BCUT2D eigenvalue weighted by Gasteiger charge is 2.29. The molecular weight excluding hydrogens is 392 g/mol. The summed E-state index contributed by atoms with van der Waals surface area (Å²) in [5, 5.41) is 2.63. The molecule has 1 saturated heterocycles. The van der Waals surface area contributed by atoms with Gasteiger partial charge in [-0.25, -0.2) is 0 Å². The van der Waals surface area contributed by atoms with E-state index < -0.39 is 0 Å². The van der Waals surface area contributed by atoms with Crippen molar-refractivity contribution in [2.24, 2.45) is 0 Å². The standard InChI is InChI=1S/C21H22N2O5S/c1-27-17-5-3-4-15(20(17)28-2)8-11-18(24)22-16-9-6-14(7-10-16)12-23-19(25)13-29-21(23)26/h3-7,9-10H,8,11-13H2,1-2H3,(H,22,24). The summed E-state index contributed by atoms with van der Waals surface area (Å²) in [7, 11) is 3.15. The topological polar surface area (TPSA) is 84.9 Å². The van der Waals surface area contributed by atoms with E-state index in [4.69, 9.17) is 9.47 Å². The number of hydrogen-bond donors (Lipinski definition) is 1. The van der Waals surface area contributed by atoms with Crippen molar-refractivity contribution >= 4 is 34.5 Å². The van der Waals surface area contributed by atoms with Crippen molar-refractivity contribution in [1.29, 1.82) is 0 Å². The number of benzene rings is 2. The Balaban J connectivity index is 1.55. The number of nitrogens with one attached hydrogen (secondary N) is 1. The van der Waals surface area contributed by atoms with Gasteiger partial charge in [-0.2, -0.15) is 0 Å². The highest BCUT2D eigenvalue weighted by molar-refractivity contribution is 8.14. The van der Waals surface area contributed by atoms with Crippen LogP contribution in [0.4, 0.5) is 10.5 Å². The fraction of sp³-hybridized carbons (Fsp3) is 0.286. The number of hydrogen-bond acceptors (Lipinski definition) is 6. The molecule has 1 fully saturated rings. The van der Waals surface area contributed by atoms with Gasteiger partial charge in [0.05, 0.1) is 26.5 Å². The molecule has 0 bridgehead atoms. The van der Waals surface area contributed by atoms with E-state index in [-0.39, 0.29) is 29.4 Å². The molecule has 29 heavy (non-hydrogen) atoms. The number of imide groups is 1. The minimum absolute atomic E-state index is 0.121. The molecule has 2 aromatic rings. The van der Waals surface area contributed by atoms with Gasteiger partial charge in [0.15, 0.2) is 11.5 Å². The van der Waals surface area contributed by atoms with Crippen molar-refractivity contribution in [2.75, 3.05) is 25.3 Å². The van der Waals surface area contributed by atoms with Crippen LogP contribution in [0.2, 0.25) is 0 Å². The monoisotopic (exact) mass is 414 g/mol. The van der Waals surface area contributed by atoms with Gasteiger partial charge in [-0.15, -0.1) is 0 Å². The first-order valence-electron chi connectivity index (χ1n) is 9.07. The van der Waals surface area contributed by atoms with Crippen LogP contribution in [-0.4, -0.2) is 41.9 Å². The zero-order valence-corrected chi connectivity index (χ0v) is 17.1. The Hall–Kier alpha value is -3.00. The van der Waals surface area contributed by atoms with Gasteiger partial charge in [0.2, 0.25) is 11.8 Å². The number of methoxy groups -OCH3 is 2. The Morgan fingerprint density at radius 1 is 1.10 bits per heavy atom. The van der Waals surface area contributed by atoms with Gasteiger partial charge in [0.25, 0.3) is 5.24 Å². The van der Waals surface area contributed by atoms with Crippen LogP contribution >= 0.6 is 11.8 Å². The first-order chi connectivity index (χ1) is 14.0. The van der Waals surface area contributed by atoms with E-state index in [0.717, 1.165) is 22.9 Å². The first-order valence-corrected chi connectivity index (χ1v) is 10.1. The summed E-state index contributed by atoms with van der Waals surface area (Å²) >= 11 is 1.02. The number of thioether (sulfide) groups is 1. The van der Waals surface area contributed by atoms with Gasteiger partial charge in [-0.05, 0) is 35.7 Å². The van der Waals surface area contributed by atoms with Crippen molar-refractivity contribution in [3.63, 3.8) is 0 Å². The second-order valence-corrected chi connectivity index (χ2v) is 7.36. The van der Waals surface area contributed by atoms with E-state index in [9.17, 15) is 14.4 Å². The number of para-hydroxylation sites is 1. The molecule has 3 rings (SSSR count). The summed E-state index contributed by atoms with van der Waals surface area (Å²) in [6, 6.07) is 12.7. The van der Waals surface area contributed by atoms with Crippen molar-refractivity contribution < 1.29 is 23.9 Å². The molecule has 0 radical (unpaired) electrons. The van der Waals surface area contributed by atoms with Gasteiger partial charge < -0.3 is 14.8 Å². The summed E-state index contributed by atoms with van der Waals surface area (Å²) < 4.78 is 10.7. The van der Waals surface area contributed by atoms with E-state index in [0.29, 0.717) is 30.0 Å². The van der Waals surface area contributed by atoms with Crippen molar-refractivity contribution in [3.05, 3.63) is 53.6 Å². The van der Waals surface area contributed by atoms with Crippen molar-refractivity contribution in [2.45, 2.75) is 19.4 Å². The Kier molecular flexibility index (Phi) is 6.77. The Labute approximate surface area is 173 Å². The number of rotatable bonds is 8. The van der Waals surface area contributed by atoms with Crippen LogP contribution in [0.25, 0.3) is 0 Å². The van der Waals surface area contributed by atoms with Crippen LogP contribution in [0.1, 0.15) is 17.5 Å². The smallest absolute Gasteiger partial charge is 0.289 e. The van der Waals surface area contributed by atoms with E-state index >= 15 is 0 Å². The third-order valence-electron chi connectivity index (χ3n) is 4.52. The summed E-state index contributed by atoms with van der Waals surface area (Å²) in [5.74, 6) is 1.17. The number of carbonyl (C=O) groups excluding carboxylic acids is 3. The molecule has 1 N–H and O–H groups in total. The average molecular weight is 414 g/mol. The third kappa shape index (κ3) is 5.08. The lowest BCUT2D eigenvalue weighted by Crippen LogP contribution is -2.27. The van der Waals surface area contributed by atoms with Crippen LogP contribution in [-0.2, 0) is 22.6 Å². The molecule has 0 atom stereocenters. The molecule has 0 unspecified atom stereocenters. The minimum Gasteiger partial charge on any atom is -0.493 e. The van der Waals surface area contributed by atoms with Crippen LogP contribution in [0, 0.1) is 0 Å². The fourth-order valence-corrected chi connectivity index (χ4v) is 3.76. The van der Waals surface area contributed by atoms with Gasteiger partial charge >= 0.3 is 0 Å². The highest BCUT2D eigenvalue weighted by atomic mass is 32.2. The van der Waals surface area contributed by atoms with Gasteiger partial charge in [0.1, 0.15) is 0 Å². The SMILES string of the molecule is COc1cccc(CCC(=O)Nc2ccc(CN3C(=O)CSC3=O)cc2)c1OC. The zero-order valence-electron chi connectivity index (χ0n) is 16.3. The Morgan fingerprint density at radius 2 is 1.86 bits per heavy atom. The minimum atomic E-state index is -0.222. The summed E-state index contributed by atoms with van der Waals surface area (Å²) in [6.07, 6.45) is 0.806. The normalized spacial score (nSPS) is 13.5. The lowest BCUT2D eigenvalue weighted by Gasteiger charge is -2.14. The molecule has 1 heterocycles. The number of amides is 3. The predicted octanol–water partition coefficient (Wildman–Crippen LogP) is 3.47. The number of ether oxygens (including phenoxy) is 2. The summed E-state index contributed by atoms with van der Waals surface area (Å²) in [4.78, 5) is 36.9. The number of carbonyl (C=O) groups is 3. The maximum Gasteiger partial charge on any atom is 0.289 e. The van der Waals surface area contributed by atoms with E-state index in [1.54, 1.807) is 38.5 Å². The molecule has 7 nitrogen and oxygen atoms in total. The Morgan fingerprint density at radius 3 is 2.48 bits per heavy atom. The molecule has 152 valence electrons. The molecule has 0 aromatic heterocycles. The van der Waals surface area contributed by atoms with Crippen LogP contribution in [0.15, 0.2) is 42.5 Å². The summed E-state index contributed by atoms with van der Waals surface area (Å²) in [5.41, 5.74) is 2.38. The largest absolute Gasteiger partial charge is 0.493 e. The van der Waals surface area contributed by atoms with Crippen molar-refractivity contribution in [3.8, 4) is 11.5 Å². The second-order valence-electron chi connectivity index (χ2n) is 6.43. The van der Waals surface area contributed by atoms with Crippen LogP contribution < -0.4 is 14.8 Å². The van der Waals surface area contributed by atoms with Crippen molar-refractivity contribution in [1.82, 2.24) is 4.90 Å². The lowest BCUT2D eigenvalue weighted by atomic mass is 10.1. The van der Waals surface area contributed by atoms with Gasteiger partial charge in [-0.1, -0.05) is 36.0 Å². The molecular formula is C21H22N2O5S. The molecule has 8 heteroatoms. The molecule has 0 spiro atoms. The zero-order chi connectivity index (χ0) is 20.8. The quantitative estimate of drug-likeness (QED) is 0.712. The Bertz CT molecular complexity index is 898. The number of aryl methyl sites for hydroxylation is 1. The van der Waals surface area contributed by atoms with E-state index in [1.165, 1.54) is 4.90 Å². The lowest BCUT2D eigenvalue weighted by molar-refractivity contribution is -0.125. The van der Waals surface area contributed by atoms with Gasteiger partial charge in [0, 0.05) is 12.1 Å². The molecule has 3 amide bonds. The average Bonchev–Trinajstić information content (AvgIpc) is 3.05. The number of nitrogens with zero attached hydrogens (tertiary/aromatic N) is 1. The third-order valence-corrected chi connectivity index (χ3v) is 5.38. The number of anilines is 1.